The maximum Gasteiger partial charge on any atom is 0.391 e. The Balaban J connectivity index is 1.56. The Kier molecular flexibility index (Phi) is 7.77. The Hall–Kier alpha value is -3.24. The van der Waals surface area contributed by atoms with E-state index in [1.807, 2.05) is 16.7 Å². The molecule has 2 aliphatic rings. The molecule has 39 heavy (non-hydrogen) atoms. The normalized spacial score (nSPS) is 20.4. The lowest BCUT2D eigenvalue weighted by Crippen LogP contribution is -2.29. The van der Waals surface area contributed by atoms with E-state index in [1.54, 1.807) is 6.20 Å². The highest BCUT2D eigenvalue weighted by Crippen LogP contribution is 2.41. The average molecular weight is 545 g/mol. The average Bonchev–Trinajstić information content (AvgIpc) is 3.23. The summed E-state index contributed by atoms with van der Waals surface area (Å²) >= 11 is 0. The van der Waals surface area contributed by atoms with Crippen LogP contribution >= 0.6 is 0 Å². The van der Waals surface area contributed by atoms with Gasteiger partial charge in [0.25, 0.3) is 0 Å². The quantitative estimate of drug-likeness (QED) is 0.309. The highest BCUT2D eigenvalue weighted by Gasteiger charge is 2.41. The fraction of sp³-hybridized carbons (Fsp3) is 0.607. The van der Waals surface area contributed by atoms with Gasteiger partial charge in [0.2, 0.25) is 5.82 Å². The van der Waals surface area contributed by atoms with Gasteiger partial charge in [-0.1, -0.05) is 33.1 Å². The van der Waals surface area contributed by atoms with Gasteiger partial charge in [-0.05, 0) is 67.6 Å². The lowest BCUT2D eigenvalue weighted by atomic mass is 9.81. The standard InChI is InChI=1S/C28H35F3N6O2/c1-16(2)19-11-13-32-21(14-19)26-36-24-22(37(26)15-18-6-8-20(9-7-18)28(29,30)31)23(34-25(35-24)27(38)39)33-12-10-17-4-3-5-17/h11,13-14,16-18,20H,3-10,12,15H2,1-2H3,(H,38,39)(H,33,34,35). The van der Waals surface area contributed by atoms with Gasteiger partial charge in [-0.15, -0.1) is 0 Å². The van der Waals surface area contributed by atoms with Gasteiger partial charge in [0, 0.05) is 19.3 Å². The molecule has 0 unspecified atom stereocenters. The molecule has 2 saturated carbocycles. The summed E-state index contributed by atoms with van der Waals surface area (Å²) in [5.41, 5.74) is 2.49. The van der Waals surface area contributed by atoms with Crippen molar-refractivity contribution in [3.05, 3.63) is 29.7 Å². The molecule has 0 amide bonds. The van der Waals surface area contributed by atoms with E-state index >= 15 is 0 Å². The third-order valence-electron chi connectivity index (χ3n) is 8.29. The fourth-order valence-electron chi connectivity index (χ4n) is 5.66. The molecule has 0 aliphatic heterocycles. The molecule has 8 nitrogen and oxygen atoms in total. The van der Waals surface area contributed by atoms with Crippen LogP contribution in [0.1, 0.15) is 87.3 Å². The summed E-state index contributed by atoms with van der Waals surface area (Å²) in [5.74, 6) is -1.04. The first-order valence-electron chi connectivity index (χ1n) is 13.9. The Morgan fingerprint density at radius 3 is 2.46 bits per heavy atom. The van der Waals surface area contributed by atoms with Crippen molar-refractivity contribution in [1.82, 2.24) is 24.5 Å². The topological polar surface area (TPSA) is 106 Å². The largest absolute Gasteiger partial charge is 0.475 e. The number of aromatic nitrogens is 5. The lowest BCUT2D eigenvalue weighted by molar-refractivity contribution is -0.184. The van der Waals surface area contributed by atoms with Crippen molar-refractivity contribution in [2.75, 3.05) is 11.9 Å². The zero-order valence-corrected chi connectivity index (χ0v) is 22.3. The Labute approximate surface area is 225 Å². The molecule has 5 rings (SSSR count). The molecule has 0 aromatic carbocycles. The van der Waals surface area contributed by atoms with Crippen molar-refractivity contribution in [1.29, 1.82) is 0 Å². The monoisotopic (exact) mass is 544 g/mol. The molecule has 0 bridgehead atoms. The number of nitrogens with zero attached hydrogens (tertiary/aromatic N) is 5. The summed E-state index contributed by atoms with van der Waals surface area (Å²) in [6, 6.07) is 3.90. The van der Waals surface area contributed by atoms with Crippen LogP contribution in [-0.4, -0.2) is 48.3 Å². The third-order valence-corrected chi connectivity index (χ3v) is 8.29. The van der Waals surface area contributed by atoms with E-state index in [9.17, 15) is 23.1 Å². The van der Waals surface area contributed by atoms with Crippen LogP contribution in [0.4, 0.5) is 19.0 Å². The van der Waals surface area contributed by atoms with Gasteiger partial charge < -0.3 is 15.0 Å². The van der Waals surface area contributed by atoms with Crippen LogP contribution in [0.5, 0.6) is 0 Å². The first-order chi connectivity index (χ1) is 18.6. The maximum atomic E-state index is 13.3. The van der Waals surface area contributed by atoms with E-state index in [0.29, 0.717) is 54.7 Å². The van der Waals surface area contributed by atoms with E-state index in [4.69, 9.17) is 4.98 Å². The highest BCUT2D eigenvalue weighted by molar-refractivity contribution is 5.92. The number of carboxylic acids is 1. The molecule has 3 aromatic rings. The number of imidazole rings is 1. The van der Waals surface area contributed by atoms with Crippen molar-refractivity contribution >= 4 is 23.0 Å². The van der Waals surface area contributed by atoms with Crippen molar-refractivity contribution in [3.8, 4) is 11.5 Å². The lowest BCUT2D eigenvalue weighted by Gasteiger charge is -2.30. The SMILES string of the molecule is CC(C)c1ccnc(-c2nc3nc(C(=O)O)nc(NCCC4CCC4)c3n2CC2CCC(C(F)(F)F)CC2)c1. The van der Waals surface area contributed by atoms with Crippen molar-refractivity contribution < 1.29 is 23.1 Å². The van der Waals surface area contributed by atoms with Crippen LogP contribution in [0, 0.1) is 17.8 Å². The molecular weight excluding hydrogens is 509 g/mol. The van der Waals surface area contributed by atoms with Crippen LogP contribution < -0.4 is 5.32 Å². The maximum absolute atomic E-state index is 13.3. The number of carboxylic acid groups (broad SMARTS) is 1. The van der Waals surface area contributed by atoms with Gasteiger partial charge in [0.05, 0.1) is 5.92 Å². The summed E-state index contributed by atoms with van der Waals surface area (Å²) in [6.07, 6.45) is 3.22. The molecule has 0 radical (unpaired) electrons. The number of hydrogen-bond donors (Lipinski definition) is 2. The molecule has 2 N–H and O–H groups in total. The molecule has 3 aromatic heterocycles. The van der Waals surface area contributed by atoms with Gasteiger partial charge in [-0.2, -0.15) is 13.2 Å². The number of pyridine rings is 1. The van der Waals surface area contributed by atoms with Crippen LogP contribution in [-0.2, 0) is 6.54 Å². The van der Waals surface area contributed by atoms with Crippen molar-refractivity contribution in [2.24, 2.45) is 17.8 Å². The third kappa shape index (κ3) is 6.01. The number of alkyl halides is 3. The molecule has 2 fully saturated rings. The molecule has 0 saturated heterocycles. The summed E-state index contributed by atoms with van der Waals surface area (Å²) in [7, 11) is 0. The predicted octanol–water partition coefficient (Wildman–Crippen LogP) is 6.68. The van der Waals surface area contributed by atoms with Gasteiger partial charge in [-0.3, -0.25) is 4.98 Å². The van der Waals surface area contributed by atoms with Gasteiger partial charge in [-0.25, -0.2) is 19.7 Å². The second-order valence-corrected chi connectivity index (χ2v) is 11.3. The number of hydrogen-bond acceptors (Lipinski definition) is 6. The van der Waals surface area contributed by atoms with Crippen molar-refractivity contribution in [3.63, 3.8) is 0 Å². The second kappa shape index (κ2) is 11.1. The highest BCUT2D eigenvalue weighted by atomic mass is 19.4. The molecule has 0 spiro atoms. The molecule has 11 heteroatoms. The Morgan fingerprint density at radius 1 is 1.10 bits per heavy atom. The van der Waals surface area contributed by atoms with Crippen LogP contribution in [0.15, 0.2) is 18.3 Å². The number of carbonyl (C=O) groups is 1. The van der Waals surface area contributed by atoms with E-state index in [1.165, 1.54) is 19.3 Å². The van der Waals surface area contributed by atoms with Crippen LogP contribution in [0.25, 0.3) is 22.7 Å². The Bertz CT molecular complexity index is 1330. The number of anilines is 1. The minimum absolute atomic E-state index is 0.00927. The summed E-state index contributed by atoms with van der Waals surface area (Å²) in [5, 5.41) is 13.0. The first kappa shape index (κ1) is 27.3. The molecule has 0 atom stereocenters. The molecular formula is C28H35F3N6O2. The van der Waals surface area contributed by atoms with Gasteiger partial charge in [0.15, 0.2) is 17.3 Å². The van der Waals surface area contributed by atoms with Gasteiger partial charge >= 0.3 is 12.1 Å². The number of nitrogens with one attached hydrogen (secondary N) is 1. The summed E-state index contributed by atoms with van der Waals surface area (Å²) in [6.45, 7) is 5.22. The van der Waals surface area contributed by atoms with E-state index in [-0.39, 0.29) is 36.1 Å². The van der Waals surface area contributed by atoms with E-state index in [0.717, 1.165) is 12.0 Å². The number of halogens is 3. The smallest absolute Gasteiger partial charge is 0.391 e. The number of fused-ring (bicyclic) bond motifs is 1. The van der Waals surface area contributed by atoms with Crippen LogP contribution in [0.2, 0.25) is 0 Å². The second-order valence-electron chi connectivity index (χ2n) is 11.3. The summed E-state index contributed by atoms with van der Waals surface area (Å²) in [4.78, 5) is 29.7. The summed E-state index contributed by atoms with van der Waals surface area (Å²) < 4.78 is 41.9. The van der Waals surface area contributed by atoms with E-state index < -0.39 is 18.1 Å². The predicted molar refractivity (Wildman–Crippen MR) is 142 cm³/mol. The molecule has 2 aliphatic carbocycles. The zero-order valence-electron chi connectivity index (χ0n) is 22.3. The zero-order chi connectivity index (χ0) is 27.7. The minimum atomic E-state index is -4.17. The molecule has 3 heterocycles. The number of rotatable bonds is 9. The first-order valence-corrected chi connectivity index (χ1v) is 13.9. The fourth-order valence-corrected chi connectivity index (χ4v) is 5.66. The van der Waals surface area contributed by atoms with Gasteiger partial charge in [0.1, 0.15) is 11.2 Å². The Morgan fingerprint density at radius 2 is 1.85 bits per heavy atom. The minimum Gasteiger partial charge on any atom is -0.475 e. The van der Waals surface area contributed by atoms with Crippen molar-refractivity contribution in [2.45, 2.75) is 83.9 Å². The number of aromatic carboxylic acids is 1. The van der Waals surface area contributed by atoms with E-state index in [2.05, 4.69) is 34.1 Å². The van der Waals surface area contributed by atoms with Crippen LogP contribution in [0.3, 0.4) is 0 Å². The molecule has 210 valence electrons.